The van der Waals surface area contributed by atoms with E-state index in [9.17, 15) is 0 Å². The van der Waals surface area contributed by atoms with Crippen LogP contribution in [0.2, 0.25) is 5.02 Å². The molecule has 2 nitrogen and oxygen atoms in total. The molecule has 0 spiro atoms. The molecule has 1 saturated carbocycles. The van der Waals surface area contributed by atoms with Gasteiger partial charge in [-0.1, -0.05) is 25.4 Å². The average Bonchev–Trinajstić information content (AvgIpc) is 2.26. The topological polar surface area (TPSA) is 35.2 Å². The molecular weight excluding hydrogens is 234 g/mol. The Kier molecular flexibility index (Phi) is 3.64. The lowest BCUT2D eigenvalue weighted by molar-refractivity contribution is 0.0669. The van der Waals surface area contributed by atoms with Gasteiger partial charge in [-0.15, -0.1) is 0 Å². The maximum atomic E-state index is 6.13. The highest BCUT2D eigenvalue weighted by molar-refractivity contribution is 6.30. The van der Waals surface area contributed by atoms with Crippen LogP contribution >= 0.6 is 11.6 Å². The third kappa shape index (κ3) is 3.36. The molecule has 3 heteroatoms. The molecule has 1 aliphatic rings. The van der Waals surface area contributed by atoms with Crippen LogP contribution in [0.15, 0.2) is 24.3 Å². The van der Waals surface area contributed by atoms with Crippen molar-refractivity contribution >= 4 is 11.6 Å². The van der Waals surface area contributed by atoms with E-state index in [1.165, 1.54) is 6.42 Å². The van der Waals surface area contributed by atoms with Gasteiger partial charge in [0.15, 0.2) is 0 Å². The second-order valence-electron chi connectivity index (χ2n) is 5.68. The van der Waals surface area contributed by atoms with Crippen LogP contribution < -0.4 is 10.5 Å². The molecule has 1 aliphatic carbocycles. The first kappa shape index (κ1) is 12.7. The molecule has 1 aromatic rings. The fourth-order valence-corrected chi connectivity index (χ4v) is 2.48. The largest absolute Gasteiger partial charge is 0.489 e. The Morgan fingerprint density at radius 2 is 1.94 bits per heavy atom. The molecule has 0 bridgehead atoms. The van der Waals surface area contributed by atoms with E-state index in [0.29, 0.717) is 5.41 Å². The summed E-state index contributed by atoms with van der Waals surface area (Å²) < 4.78 is 5.97. The van der Waals surface area contributed by atoms with E-state index >= 15 is 0 Å². The summed E-state index contributed by atoms with van der Waals surface area (Å²) in [6.45, 7) is 4.55. The Balaban J connectivity index is 2.04. The smallest absolute Gasteiger partial charge is 0.119 e. The van der Waals surface area contributed by atoms with Gasteiger partial charge in [0, 0.05) is 11.1 Å². The van der Waals surface area contributed by atoms with Crippen LogP contribution in [0.1, 0.15) is 33.1 Å². The van der Waals surface area contributed by atoms with Crippen molar-refractivity contribution in [2.45, 2.75) is 45.3 Å². The van der Waals surface area contributed by atoms with Gasteiger partial charge < -0.3 is 10.5 Å². The number of halogens is 1. The minimum absolute atomic E-state index is 0.111. The fourth-order valence-electron chi connectivity index (χ4n) is 2.36. The van der Waals surface area contributed by atoms with E-state index in [1.54, 1.807) is 0 Å². The summed E-state index contributed by atoms with van der Waals surface area (Å²) in [6, 6.07) is 7.62. The predicted octanol–water partition coefficient (Wildman–Crippen LogP) is 3.62. The minimum atomic E-state index is 0.111. The van der Waals surface area contributed by atoms with Gasteiger partial charge >= 0.3 is 0 Å². The average molecular weight is 254 g/mol. The third-order valence-electron chi connectivity index (χ3n) is 3.49. The standard InChI is InChI=1S/C14H20ClNO/c1-14(2)8-7-12(16)13(9-14)17-11-5-3-10(15)4-6-11/h3-6,12-13H,7-9,16H2,1-2H3. The Labute approximate surface area is 108 Å². The normalized spacial score (nSPS) is 27.8. The van der Waals surface area contributed by atoms with Crippen LogP contribution in [0, 0.1) is 5.41 Å². The molecule has 0 aliphatic heterocycles. The van der Waals surface area contributed by atoms with Crippen molar-refractivity contribution in [1.29, 1.82) is 0 Å². The van der Waals surface area contributed by atoms with Crippen molar-refractivity contribution in [3.8, 4) is 5.75 Å². The molecule has 0 amide bonds. The fraction of sp³-hybridized carbons (Fsp3) is 0.571. The second kappa shape index (κ2) is 4.87. The van der Waals surface area contributed by atoms with Gasteiger partial charge in [0.05, 0.1) is 0 Å². The summed E-state index contributed by atoms with van der Waals surface area (Å²) in [7, 11) is 0. The van der Waals surface area contributed by atoms with Crippen LogP contribution in [0.5, 0.6) is 5.75 Å². The lowest BCUT2D eigenvalue weighted by Gasteiger charge is -2.39. The molecule has 0 heterocycles. The summed E-state index contributed by atoms with van der Waals surface area (Å²) in [5.41, 5.74) is 6.45. The van der Waals surface area contributed by atoms with Crippen LogP contribution in [-0.2, 0) is 0 Å². The first-order valence-electron chi connectivity index (χ1n) is 6.14. The van der Waals surface area contributed by atoms with Crippen molar-refractivity contribution in [3.63, 3.8) is 0 Å². The summed E-state index contributed by atoms with van der Waals surface area (Å²) in [5, 5.41) is 0.727. The van der Waals surface area contributed by atoms with E-state index in [0.717, 1.165) is 23.6 Å². The van der Waals surface area contributed by atoms with E-state index in [1.807, 2.05) is 24.3 Å². The van der Waals surface area contributed by atoms with Crippen molar-refractivity contribution in [3.05, 3.63) is 29.3 Å². The van der Waals surface area contributed by atoms with E-state index in [2.05, 4.69) is 13.8 Å². The highest BCUT2D eigenvalue weighted by Gasteiger charge is 2.34. The van der Waals surface area contributed by atoms with Gasteiger partial charge in [-0.2, -0.15) is 0 Å². The van der Waals surface area contributed by atoms with Gasteiger partial charge in [-0.05, 0) is 48.9 Å². The van der Waals surface area contributed by atoms with Crippen molar-refractivity contribution in [2.75, 3.05) is 0 Å². The predicted molar refractivity (Wildman–Crippen MR) is 71.5 cm³/mol. The highest BCUT2D eigenvalue weighted by atomic mass is 35.5. The van der Waals surface area contributed by atoms with Crippen molar-refractivity contribution in [2.24, 2.45) is 11.1 Å². The van der Waals surface area contributed by atoms with Gasteiger partial charge in [-0.3, -0.25) is 0 Å². The Morgan fingerprint density at radius 1 is 1.29 bits per heavy atom. The van der Waals surface area contributed by atoms with Crippen LogP contribution in [0.3, 0.4) is 0 Å². The minimum Gasteiger partial charge on any atom is -0.489 e. The molecule has 2 unspecified atom stereocenters. The molecule has 2 N–H and O–H groups in total. The molecule has 0 radical (unpaired) electrons. The zero-order valence-electron chi connectivity index (χ0n) is 10.4. The van der Waals surface area contributed by atoms with Crippen molar-refractivity contribution < 1.29 is 4.74 Å². The van der Waals surface area contributed by atoms with Gasteiger partial charge in [0.1, 0.15) is 11.9 Å². The molecule has 1 aromatic carbocycles. The lowest BCUT2D eigenvalue weighted by Crippen LogP contribution is -2.46. The number of hydrogen-bond donors (Lipinski definition) is 1. The molecule has 1 fully saturated rings. The van der Waals surface area contributed by atoms with E-state index in [4.69, 9.17) is 22.1 Å². The molecule has 2 rings (SSSR count). The van der Waals surface area contributed by atoms with Crippen LogP contribution in [0.4, 0.5) is 0 Å². The number of nitrogens with two attached hydrogens (primary N) is 1. The monoisotopic (exact) mass is 253 g/mol. The first-order valence-corrected chi connectivity index (χ1v) is 6.52. The van der Waals surface area contributed by atoms with Crippen LogP contribution in [0.25, 0.3) is 0 Å². The maximum Gasteiger partial charge on any atom is 0.119 e. The zero-order chi connectivity index (χ0) is 12.5. The Morgan fingerprint density at radius 3 is 2.59 bits per heavy atom. The molecular formula is C14H20ClNO. The maximum absolute atomic E-state index is 6.13. The third-order valence-corrected chi connectivity index (χ3v) is 3.74. The lowest BCUT2D eigenvalue weighted by atomic mass is 9.74. The van der Waals surface area contributed by atoms with Gasteiger partial charge in [-0.25, -0.2) is 0 Å². The van der Waals surface area contributed by atoms with Crippen LogP contribution in [-0.4, -0.2) is 12.1 Å². The number of benzene rings is 1. The molecule has 0 aromatic heterocycles. The summed E-state index contributed by atoms with van der Waals surface area (Å²) in [6.07, 6.45) is 3.33. The summed E-state index contributed by atoms with van der Waals surface area (Å²) in [5.74, 6) is 0.854. The van der Waals surface area contributed by atoms with E-state index in [-0.39, 0.29) is 12.1 Å². The summed E-state index contributed by atoms with van der Waals surface area (Å²) in [4.78, 5) is 0. The van der Waals surface area contributed by atoms with Crippen molar-refractivity contribution in [1.82, 2.24) is 0 Å². The molecule has 17 heavy (non-hydrogen) atoms. The molecule has 94 valence electrons. The van der Waals surface area contributed by atoms with Gasteiger partial charge in [0.2, 0.25) is 0 Å². The van der Waals surface area contributed by atoms with Gasteiger partial charge in [0.25, 0.3) is 0 Å². The molecule has 2 atom stereocenters. The first-order chi connectivity index (χ1) is 7.96. The zero-order valence-corrected chi connectivity index (χ0v) is 11.2. The number of rotatable bonds is 2. The SMILES string of the molecule is CC1(C)CCC(N)C(Oc2ccc(Cl)cc2)C1. The second-order valence-corrected chi connectivity index (χ2v) is 6.12. The van der Waals surface area contributed by atoms with E-state index < -0.39 is 0 Å². The number of hydrogen-bond acceptors (Lipinski definition) is 2. The Bertz CT molecular complexity index is 374. The Hall–Kier alpha value is -0.730. The summed E-state index contributed by atoms with van der Waals surface area (Å²) >= 11 is 5.85. The number of ether oxygens (including phenoxy) is 1. The quantitative estimate of drug-likeness (QED) is 0.874. The molecule has 0 saturated heterocycles. The highest BCUT2D eigenvalue weighted by Crippen LogP contribution is 2.36.